The first-order valence-electron chi connectivity index (χ1n) is 7.15. The Bertz CT molecular complexity index is 397. The quantitative estimate of drug-likeness (QED) is 0.665. The molecule has 0 unspecified atom stereocenters. The minimum absolute atomic E-state index is 0.156. The molecule has 1 N–H and O–H groups in total. The summed E-state index contributed by atoms with van der Waals surface area (Å²) >= 11 is 0. The second kappa shape index (κ2) is 9.63. The first-order valence-corrected chi connectivity index (χ1v) is 7.15. The normalized spacial score (nSPS) is 11.6. The summed E-state index contributed by atoms with van der Waals surface area (Å²) in [5, 5.41) is 3.09. The molecule has 0 amide bonds. The van der Waals surface area contributed by atoms with Crippen molar-refractivity contribution in [3.63, 3.8) is 0 Å². The molecule has 0 bridgehead atoms. The summed E-state index contributed by atoms with van der Waals surface area (Å²) in [6.45, 7) is 4.55. The summed E-state index contributed by atoms with van der Waals surface area (Å²) in [6.07, 6.45) is -1.68. The number of benzene rings is 1. The Balaban J connectivity index is 2.26. The highest BCUT2D eigenvalue weighted by atomic mass is 19.4. The molecule has 0 aliphatic heterocycles. The van der Waals surface area contributed by atoms with Gasteiger partial charge in [0.1, 0.15) is 5.75 Å². The molecule has 0 aliphatic carbocycles. The maximum Gasteiger partial charge on any atom is 0.573 e. The van der Waals surface area contributed by atoms with Crippen molar-refractivity contribution in [3.8, 4) is 5.75 Å². The van der Waals surface area contributed by atoms with Gasteiger partial charge in [0, 0.05) is 25.3 Å². The average molecular weight is 305 g/mol. The molecule has 0 radical (unpaired) electrons. The maximum absolute atomic E-state index is 12.3. The zero-order chi connectivity index (χ0) is 15.6. The van der Waals surface area contributed by atoms with Crippen LogP contribution in [-0.4, -0.2) is 26.1 Å². The fraction of sp³-hybridized carbons (Fsp3) is 0.600. The molecule has 120 valence electrons. The molecular weight excluding hydrogens is 283 g/mol. The molecule has 0 saturated heterocycles. The summed E-state index contributed by atoms with van der Waals surface area (Å²) in [5.74, 6) is -0.156. The number of nitrogens with one attached hydrogen (secondary N) is 1. The Labute approximate surface area is 123 Å². The predicted octanol–water partition coefficient (Wildman–Crippen LogP) is 3.88. The number of hydrogen-bond donors (Lipinski definition) is 1. The van der Waals surface area contributed by atoms with Crippen LogP contribution in [0.1, 0.15) is 31.7 Å². The lowest BCUT2D eigenvalue weighted by Gasteiger charge is -2.13. The number of para-hydroxylation sites is 1. The van der Waals surface area contributed by atoms with Crippen LogP contribution in [0.3, 0.4) is 0 Å². The molecule has 0 heterocycles. The Morgan fingerprint density at radius 3 is 2.52 bits per heavy atom. The van der Waals surface area contributed by atoms with Gasteiger partial charge in [-0.3, -0.25) is 0 Å². The summed E-state index contributed by atoms with van der Waals surface area (Å²) in [7, 11) is 0. The van der Waals surface area contributed by atoms with E-state index in [1.807, 2.05) is 0 Å². The summed E-state index contributed by atoms with van der Waals surface area (Å²) in [6, 6.07) is 6.14. The lowest BCUT2D eigenvalue weighted by Crippen LogP contribution is -2.21. The van der Waals surface area contributed by atoms with Crippen LogP contribution in [-0.2, 0) is 11.3 Å². The van der Waals surface area contributed by atoms with Crippen molar-refractivity contribution in [2.75, 3.05) is 19.8 Å². The third kappa shape index (κ3) is 8.57. The molecule has 21 heavy (non-hydrogen) atoms. The van der Waals surface area contributed by atoms with Gasteiger partial charge in [0.05, 0.1) is 0 Å². The van der Waals surface area contributed by atoms with Crippen LogP contribution in [0.2, 0.25) is 0 Å². The van der Waals surface area contributed by atoms with Crippen LogP contribution in [0.15, 0.2) is 24.3 Å². The van der Waals surface area contributed by atoms with Gasteiger partial charge in [0.15, 0.2) is 0 Å². The Hall–Kier alpha value is -1.27. The number of ether oxygens (including phenoxy) is 2. The molecule has 0 atom stereocenters. The van der Waals surface area contributed by atoms with Crippen molar-refractivity contribution in [1.29, 1.82) is 0 Å². The Kier molecular flexibility index (Phi) is 8.15. The van der Waals surface area contributed by atoms with Crippen molar-refractivity contribution < 1.29 is 22.6 Å². The maximum atomic E-state index is 12.3. The van der Waals surface area contributed by atoms with Gasteiger partial charge in [-0.1, -0.05) is 31.5 Å². The molecule has 1 rings (SSSR count). The second-order valence-corrected chi connectivity index (χ2v) is 4.65. The molecule has 0 fully saturated rings. The highest BCUT2D eigenvalue weighted by Crippen LogP contribution is 2.25. The molecule has 1 aromatic rings. The largest absolute Gasteiger partial charge is 0.573 e. The zero-order valence-electron chi connectivity index (χ0n) is 12.2. The first-order chi connectivity index (χ1) is 10.0. The van der Waals surface area contributed by atoms with Crippen LogP contribution < -0.4 is 10.1 Å². The van der Waals surface area contributed by atoms with E-state index in [1.54, 1.807) is 12.1 Å². The van der Waals surface area contributed by atoms with Gasteiger partial charge < -0.3 is 14.8 Å². The number of hydrogen-bond acceptors (Lipinski definition) is 3. The summed E-state index contributed by atoms with van der Waals surface area (Å²) in [4.78, 5) is 0. The van der Waals surface area contributed by atoms with Crippen LogP contribution >= 0.6 is 0 Å². The fourth-order valence-corrected chi connectivity index (χ4v) is 1.74. The molecule has 1 aromatic carbocycles. The van der Waals surface area contributed by atoms with E-state index in [-0.39, 0.29) is 5.75 Å². The third-order valence-electron chi connectivity index (χ3n) is 2.80. The van der Waals surface area contributed by atoms with Gasteiger partial charge in [-0.25, -0.2) is 0 Å². The predicted molar refractivity (Wildman–Crippen MR) is 75.2 cm³/mol. The van der Waals surface area contributed by atoms with Gasteiger partial charge in [-0.05, 0) is 25.5 Å². The van der Waals surface area contributed by atoms with E-state index in [0.717, 1.165) is 25.9 Å². The highest BCUT2D eigenvalue weighted by molar-refractivity contribution is 5.33. The summed E-state index contributed by atoms with van der Waals surface area (Å²) < 4.78 is 46.2. The van der Waals surface area contributed by atoms with Crippen LogP contribution in [0, 0.1) is 0 Å². The van der Waals surface area contributed by atoms with Gasteiger partial charge in [0.25, 0.3) is 0 Å². The minimum Gasteiger partial charge on any atom is -0.405 e. The number of alkyl halides is 3. The number of unbranched alkanes of at least 4 members (excludes halogenated alkanes) is 1. The van der Waals surface area contributed by atoms with Crippen LogP contribution in [0.25, 0.3) is 0 Å². The average Bonchev–Trinajstić information content (AvgIpc) is 2.42. The van der Waals surface area contributed by atoms with E-state index >= 15 is 0 Å². The lowest BCUT2D eigenvalue weighted by atomic mass is 10.2. The van der Waals surface area contributed by atoms with E-state index in [0.29, 0.717) is 25.3 Å². The Morgan fingerprint density at radius 2 is 1.81 bits per heavy atom. The number of halogens is 3. The zero-order valence-corrected chi connectivity index (χ0v) is 12.2. The standard InChI is InChI=1S/C15H22F3NO2/c1-2-3-10-20-11-6-9-19-12-13-7-4-5-8-14(13)21-15(16,17)18/h4-5,7-8,19H,2-3,6,9-12H2,1H3. The molecule has 6 heteroatoms. The molecule has 3 nitrogen and oxygen atoms in total. The lowest BCUT2D eigenvalue weighted by molar-refractivity contribution is -0.274. The molecule has 0 saturated carbocycles. The second-order valence-electron chi connectivity index (χ2n) is 4.65. The van der Waals surface area contributed by atoms with Crippen molar-refractivity contribution >= 4 is 0 Å². The van der Waals surface area contributed by atoms with Crippen molar-refractivity contribution in [3.05, 3.63) is 29.8 Å². The monoisotopic (exact) mass is 305 g/mol. The minimum atomic E-state index is -4.66. The smallest absolute Gasteiger partial charge is 0.405 e. The van der Waals surface area contributed by atoms with E-state index in [4.69, 9.17) is 4.74 Å². The molecule has 0 aromatic heterocycles. The van der Waals surface area contributed by atoms with Gasteiger partial charge >= 0.3 is 6.36 Å². The van der Waals surface area contributed by atoms with E-state index < -0.39 is 6.36 Å². The van der Waals surface area contributed by atoms with Crippen LogP contribution in [0.5, 0.6) is 5.75 Å². The SMILES string of the molecule is CCCCOCCCNCc1ccccc1OC(F)(F)F. The van der Waals surface area contributed by atoms with Gasteiger partial charge in [0.2, 0.25) is 0 Å². The fourth-order valence-electron chi connectivity index (χ4n) is 1.74. The molecule has 0 spiro atoms. The topological polar surface area (TPSA) is 30.5 Å². The van der Waals surface area contributed by atoms with E-state index in [2.05, 4.69) is 17.0 Å². The van der Waals surface area contributed by atoms with Crippen LogP contribution in [0.4, 0.5) is 13.2 Å². The number of rotatable bonds is 10. The Morgan fingerprint density at radius 1 is 1.10 bits per heavy atom. The molecule has 0 aliphatic rings. The van der Waals surface area contributed by atoms with Crippen molar-refractivity contribution in [2.24, 2.45) is 0 Å². The van der Waals surface area contributed by atoms with E-state index in [9.17, 15) is 13.2 Å². The highest BCUT2D eigenvalue weighted by Gasteiger charge is 2.31. The van der Waals surface area contributed by atoms with Crippen molar-refractivity contribution in [1.82, 2.24) is 5.32 Å². The van der Waals surface area contributed by atoms with Gasteiger partial charge in [-0.2, -0.15) is 0 Å². The van der Waals surface area contributed by atoms with E-state index in [1.165, 1.54) is 12.1 Å². The third-order valence-corrected chi connectivity index (χ3v) is 2.80. The summed E-state index contributed by atoms with van der Waals surface area (Å²) in [5.41, 5.74) is 0.488. The van der Waals surface area contributed by atoms with Gasteiger partial charge in [-0.15, -0.1) is 13.2 Å². The molecular formula is C15H22F3NO2. The first kappa shape index (κ1) is 17.8. The van der Waals surface area contributed by atoms with Crippen molar-refractivity contribution in [2.45, 2.75) is 39.1 Å².